The normalized spacial score (nSPS) is 11.8. The first-order valence-electron chi connectivity index (χ1n) is 7.27. The molecular formula is C16H22N2O3S. The van der Waals surface area contributed by atoms with E-state index in [1.165, 1.54) is 4.57 Å². The van der Waals surface area contributed by atoms with Gasteiger partial charge in [-0.05, 0) is 24.6 Å². The number of carbonyl (C=O) groups is 1. The standard InChI is InChI=1S/C16H22N2O3S/c1-11-5-6-13-12(9-11)18(15(20)21-13)10-14(19)17-7-8-22-16(2,3)4/h5-6,9H,7-8,10H2,1-4H3,(H,17,19). The van der Waals surface area contributed by atoms with Crippen LogP contribution in [0.15, 0.2) is 27.4 Å². The zero-order valence-electron chi connectivity index (χ0n) is 13.4. The number of aromatic nitrogens is 1. The number of thioether (sulfide) groups is 1. The molecule has 1 aromatic heterocycles. The molecule has 0 aliphatic carbocycles. The number of nitrogens with zero attached hydrogens (tertiary/aromatic N) is 1. The maximum Gasteiger partial charge on any atom is 0.420 e. The first kappa shape index (κ1) is 16.7. The van der Waals surface area contributed by atoms with Gasteiger partial charge in [-0.15, -0.1) is 0 Å². The Labute approximate surface area is 134 Å². The van der Waals surface area contributed by atoms with Crippen LogP contribution < -0.4 is 11.1 Å². The number of amides is 1. The van der Waals surface area contributed by atoms with Gasteiger partial charge in [0.2, 0.25) is 5.91 Å². The van der Waals surface area contributed by atoms with Crippen LogP contribution in [0.1, 0.15) is 26.3 Å². The highest BCUT2D eigenvalue weighted by Gasteiger charge is 2.13. The summed E-state index contributed by atoms with van der Waals surface area (Å²) in [4.78, 5) is 23.9. The van der Waals surface area contributed by atoms with E-state index in [1.807, 2.05) is 19.1 Å². The number of aryl methyl sites for hydroxylation is 1. The molecule has 2 rings (SSSR count). The largest absolute Gasteiger partial charge is 0.420 e. The van der Waals surface area contributed by atoms with E-state index in [2.05, 4.69) is 26.1 Å². The summed E-state index contributed by atoms with van der Waals surface area (Å²) in [6.45, 7) is 8.92. The fraction of sp³-hybridized carbons (Fsp3) is 0.500. The van der Waals surface area contributed by atoms with Gasteiger partial charge in [0.05, 0.1) is 5.52 Å². The van der Waals surface area contributed by atoms with E-state index in [-0.39, 0.29) is 17.2 Å². The van der Waals surface area contributed by atoms with Gasteiger partial charge in [0.15, 0.2) is 5.58 Å². The Morgan fingerprint density at radius 3 is 2.77 bits per heavy atom. The third-order valence-corrected chi connectivity index (χ3v) is 4.36. The molecule has 0 unspecified atom stereocenters. The molecule has 22 heavy (non-hydrogen) atoms. The van der Waals surface area contributed by atoms with Gasteiger partial charge in [0, 0.05) is 17.0 Å². The lowest BCUT2D eigenvalue weighted by Crippen LogP contribution is -2.32. The molecule has 0 radical (unpaired) electrons. The second-order valence-electron chi connectivity index (χ2n) is 6.24. The van der Waals surface area contributed by atoms with Crippen LogP contribution in [0.25, 0.3) is 11.1 Å². The second-order valence-corrected chi connectivity index (χ2v) is 8.16. The molecule has 1 N–H and O–H groups in total. The summed E-state index contributed by atoms with van der Waals surface area (Å²) in [6.07, 6.45) is 0. The summed E-state index contributed by atoms with van der Waals surface area (Å²) in [7, 11) is 0. The molecule has 0 atom stereocenters. The molecule has 0 aliphatic rings. The Bertz CT molecular complexity index is 725. The lowest BCUT2D eigenvalue weighted by molar-refractivity contribution is -0.121. The first-order chi connectivity index (χ1) is 10.3. The number of benzene rings is 1. The van der Waals surface area contributed by atoms with Crippen molar-refractivity contribution in [3.05, 3.63) is 34.3 Å². The lowest BCUT2D eigenvalue weighted by Gasteiger charge is -2.17. The van der Waals surface area contributed by atoms with Gasteiger partial charge in [-0.2, -0.15) is 11.8 Å². The van der Waals surface area contributed by atoms with Gasteiger partial charge < -0.3 is 9.73 Å². The Balaban J connectivity index is 1.99. The van der Waals surface area contributed by atoms with Crippen molar-refractivity contribution >= 4 is 28.8 Å². The molecule has 0 saturated heterocycles. The predicted octanol–water partition coefficient (Wildman–Crippen LogP) is 2.55. The van der Waals surface area contributed by atoms with Gasteiger partial charge in [-0.25, -0.2) is 4.79 Å². The molecule has 2 aromatic rings. The molecule has 120 valence electrons. The van der Waals surface area contributed by atoms with E-state index in [4.69, 9.17) is 4.42 Å². The highest BCUT2D eigenvalue weighted by atomic mass is 32.2. The van der Waals surface area contributed by atoms with Crippen LogP contribution in [0.3, 0.4) is 0 Å². The van der Waals surface area contributed by atoms with Crippen LogP contribution in [-0.4, -0.2) is 27.5 Å². The summed E-state index contributed by atoms with van der Waals surface area (Å²) < 4.78 is 6.70. The molecule has 1 aromatic carbocycles. The number of nitrogens with one attached hydrogen (secondary N) is 1. The number of oxazole rings is 1. The fourth-order valence-electron chi connectivity index (χ4n) is 2.07. The van der Waals surface area contributed by atoms with Gasteiger partial charge in [0.1, 0.15) is 6.54 Å². The molecule has 6 heteroatoms. The Morgan fingerprint density at radius 2 is 2.09 bits per heavy atom. The second kappa shape index (κ2) is 6.60. The maximum atomic E-state index is 12.0. The number of hydrogen-bond acceptors (Lipinski definition) is 4. The molecular weight excluding hydrogens is 300 g/mol. The Kier molecular flexibility index (Phi) is 5.01. The maximum absolute atomic E-state index is 12.0. The number of rotatable bonds is 5. The minimum absolute atomic E-state index is 0.0184. The number of fused-ring (bicyclic) bond motifs is 1. The van der Waals surface area contributed by atoms with E-state index in [0.29, 0.717) is 17.6 Å². The number of hydrogen-bond donors (Lipinski definition) is 1. The minimum atomic E-state index is -0.500. The summed E-state index contributed by atoms with van der Waals surface area (Å²) in [5.41, 5.74) is 2.18. The van der Waals surface area contributed by atoms with Gasteiger partial charge in [0.25, 0.3) is 0 Å². The van der Waals surface area contributed by atoms with Gasteiger partial charge in [-0.1, -0.05) is 26.8 Å². The van der Waals surface area contributed by atoms with E-state index >= 15 is 0 Å². The zero-order chi connectivity index (χ0) is 16.3. The molecule has 1 amide bonds. The van der Waals surface area contributed by atoms with Crippen LogP contribution in [0.4, 0.5) is 0 Å². The van der Waals surface area contributed by atoms with Crippen molar-refractivity contribution in [2.24, 2.45) is 0 Å². The topological polar surface area (TPSA) is 64.2 Å². The predicted molar refractivity (Wildman–Crippen MR) is 90.4 cm³/mol. The zero-order valence-corrected chi connectivity index (χ0v) is 14.3. The molecule has 0 bridgehead atoms. The quantitative estimate of drug-likeness (QED) is 0.859. The molecule has 0 spiro atoms. The van der Waals surface area contributed by atoms with Crippen molar-refractivity contribution in [2.75, 3.05) is 12.3 Å². The average molecular weight is 322 g/mol. The van der Waals surface area contributed by atoms with E-state index in [0.717, 1.165) is 11.3 Å². The SMILES string of the molecule is Cc1ccc2oc(=O)n(CC(=O)NCCSC(C)(C)C)c2c1. The van der Waals surface area contributed by atoms with Crippen molar-refractivity contribution in [1.82, 2.24) is 9.88 Å². The van der Waals surface area contributed by atoms with E-state index in [9.17, 15) is 9.59 Å². The Morgan fingerprint density at radius 1 is 1.36 bits per heavy atom. The van der Waals surface area contributed by atoms with Crippen molar-refractivity contribution in [1.29, 1.82) is 0 Å². The lowest BCUT2D eigenvalue weighted by atomic mass is 10.2. The molecule has 0 saturated carbocycles. The number of carbonyl (C=O) groups excluding carboxylic acids is 1. The average Bonchev–Trinajstić information content (AvgIpc) is 2.70. The third-order valence-electron chi connectivity index (χ3n) is 3.08. The summed E-state index contributed by atoms with van der Waals surface area (Å²) in [6, 6.07) is 5.48. The van der Waals surface area contributed by atoms with Crippen LogP contribution in [0, 0.1) is 6.92 Å². The molecule has 5 nitrogen and oxygen atoms in total. The monoisotopic (exact) mass is 322 g/mol. The highest BCUT2D eigenvalue weighted by Crippen LogP contribution is 2.22. The Hall–Kier alpha value is -1.69. The van der Waals surface area contributed by atoms with Crippen molar-refractivity contribution in [3.63, 3.8) is 0 Å². The van der Waals surface area contributed by atoms with Gasteiger partial charge >= 0.3 is 5.76 Å². The van der Waals surface area contributed by atoms with E-state index in [1.54, 1.807) is 17.8 Å². The summed E-state index contributed by atoms with van der Waals surface area (Å²) >= 11 is 1.79. The first-order valence-corrected chi connectivity index (χ1v) is 8.25. The molecule has 0 aliphatic heterocycles. The fourth-order valence-corrected chi connectivity index (χ4v) is 2.89. The van der Waals surface area contributed by atoms with Gasteiger partial charge in [-0.3, -0.25) is 9.36 Å². The smallest absolute Gasteiger partial charge is 0.408 e. The third kappa shape index (κ3) is 4.40. The van der Waals surface area contributed by atoms with Crippen LogP contribution >= 0.6 is 11.8 Å². The summed E-state index contributed by atoms with van der Waals surface area (Å²) in [5, 5.41) is 2.84. The minimum Gasteiger partial charge on any atom is -0.408 e. The molecule has 1 heterocycles. The van der Waals surface area contributed by atoms with Crippen LogP contribution in [0.5, 0.6) is 0 Å². The van der Waals surface area contributed by atoms with Crippen molar-refractivity contribution in [2.45, 2.75) is 39.0 Å². The molecule has 0 fully saturated rings. The highest BCUT2D eigenvalue weighted by molar-refractivity contribution is 8.00. The van der Waals surface area contributed by atoms with Crippen LogP contribution in [0.2, 0.25) is 0 Å². The van der Waals surface area contributed by atoms with E-state index < -0.39 is 5.76 Å². The van der Waals surface area contributed by atoms with Crippen LogP contribution in [-0.2, 0) is 11.3 Å². The van der Waals surface area contributed by atoms with Crippen molar-refractivity contribution in [3.8, 4) is 0 Å². The summed E-state index contributed by atoms with van der Waals surface area (Å²) in [5.74, 6) is 0.163. The van der Waals surface area contributed by atoms with Crippen molar-refractivity contribution < 1.29 is 9.21 Å².